The van der Waals surface area contributed by atoms with Crippen LogP contribution < -0.4 is 0 Å². The number of hydrogen-bond acceptors (Lipinski definition) is 1. The van der Waals surface area contributed by atoms with Crippen LogP contribution >= 0.6 is 12.4 Å². The molecule has 0 N–H and O–H groups in total. The van der Waals surface area contributed by atoms with Crippen LogP contribution in [0.2, 0.25) is 0 Å². The van der Waals surface area contributed by atoms with Gasteiger partial charge in [-0.25, -0.2) is 4.98 Å². The molecule has 0 atom stereocenters. The molecule has 0 saturated heterocycles. The van der Waals surface area contributed by atoms with E-state index in [4.69, 9.17) is 0 Å². The molecule has 0 unspecified atom stereocenters. The number of halogens is 1. The van der Waals surface area contributed by atoms with Crippen LogP contribution in [0.1, 0.15) is 5.82 Å². The molecule has 1 aromatic heterocycles. The predicted octanol–water partition coefficient (Wildman–Crippen LogP) is 2.13. The van der Waals surface area contributed by atoms with Crippen molar-refractivity contribution in [1.29, 1.82) is 0 Å². The Morgan fingerprint density at radius 1 is 1.55 bits per heavy atom. The molecule has 0 aromatic carbocycles. The second-order valence-corrected chi connectivity index (χ2v) is 1.93. The van der Waals surface area contributed by atoms with Gasteiger partial charge in [0.2, 0.25) is 0 Å². The van der Waals surface area contributed by atoms with Gasteiger partial charge in [-0.15, -0.1) is 19.0 Å². The molecule has 11 heavy (non-hydrogen) atoms. The summed E-state index contributed by atoms with van der Waals surface area (Å²) < 4.78 is 1.97. The molecule has 2 nitrogen and oxygen atoms in total. The third-order valence-corrected chi connectivity index (χ3v) is 1.26. The molecule has 0 spiro atoms. The second kappa shape index (κ2) is 4.74. The highest BCUT2D eigenvalue weighted by Crippen LogP contribution is 1.97. The van der Waals surface area contributed by atoms with Gasteiger partial charge in [0, 0.05) is 18.9 Å². The number of hydrogen-bond donors (Lipinski definition) is 0. The summed E-state index contributed by atoms with van der Waals surface area (Å²) >= 11 is 0. The highest BCUT2D eigenvalue weighted by atomic mass is 35.5. The first-order valence-electron chi connectivity index (χ1n) is 3.13. The van der Waals surface area contributed by atoms with Crippen molar-refractivity contribution in [3.05, 3.63) is 37.5 Å². The van der Waals surface area contributed by atoms with E-state index < -0.39 is 0 Å². The maximum absolute atomic E-state index is 4.05. The molecular formula is C8H11ClN2. The zero-order valence-corrected chi connectivity index (χ0v) is 7.05. The van der Waals surface area contributed by atoms with Gasteiger partial charge in [0.15, 0.2) is 0 Å². The number of aromatic nitrogens is 2. The Bertz CT molecular complexity index is 240. The van der Waals surface area contributed by atoms with Gasteiger partial charge >= 0.3 is 0 Å². The van der Waals surface area contributed by atoms with Crippen LogP contribution in [0.3, 0.4) is 0 Å². The first kappa shape index (κ1) is 9.98. The summed E-state index contributed by atoms with van der Waals surface area (Å²) in [5, 5.41) is 0. The summed E-state index contributed by atoms with van der Waals surface area (Å²) in [6, 6.07) is 0. The summed E-state index contributed by atoms with van der Waals surface area (Å²) in [6.45, 7) is 8.05. The summed E-state index contributed by atoms with van der Waals surface area (Å²) in [4.78, 5) is 4.05. The van der Waals surface area contributed by atoms with Crippen molar-refractivity contribution in [3.8, 4) is 0 Å². The molecule has 0 aliphatic carbocycles. The van der Waals surface area contributed by atoms with E-state index in [1.165, 1.54) is 0 Å². The Balaban J connectivity index is 0.000001000. The van der Waals surface area contributed by atoms with E-state index in [1.807, 2.05) is 16.8 Å². The summed E-state index contributed by atoms with van der Waals surface area (Å²) in [7, 11) is 0. The van der Waals surface area contributed by atoms with E-state index in [0.29, 0.717) is 0 Å². The van der Waals surface area contributed by atoms with Crippen LogP contribution in [-0.4, -0.2) is 9.55 Å². The van der Waals surface area contributed by atoms with Gasteiger partial charge in [0.05, 0.1) is 0 Å². The van der Waals surface area contributed by atoms with Gasteiger partial charge in [-0.1, -0.05) is 12.7 Å². The molecule has 60 valence electrons. The smallest absolute Gasteiger partial charge is 0.132 e. The monoisotopic (exact) mass is 170 g/mol. The van der Waals surface area contributed by atoms with E-state index in [0.717, 1.165) is 12.4 Å². The van der Waals surface area contributed by atoms with Gasteiger partial charge in [-0.3, -0.25) is 0 Å². The summed E-state index contributed by atoms with van der Waals surface area (Å²) in [6.07, 6.45) is 7.21. The molecule has 0 radical (unpaired) electrons. The average Bonchev–Trinajstić information content (AvgIpc) is 2.36. The van der Waals surface area contributed by atoms with Crippen LogP contribution in [0.5, 0.6) is 0 Å². The van der Waals surface area contributed by atoms with Gasteiger partial charge in [0.1, 0.15) is 5.82 Å². The number of nitrogens with zero attached hydrogens (tertiary/aromatic N) is 2. The van der Waals surface area contributed by atoms with Crippen LogP contribution in [0.4, 0.5) is 0 Å². The summed E-state index contributed by atoms with van der Waals surface area (Å²) in [5.41, 5.74) is 0. The minimum absolute atomic E-state index is 0. The largest absolute Gasteiger partial charge is 0.328 e. The zero-order valence-electron chi connectivity index (χ0n) is 6.23. The first-order valence-corrected chi connectivity index (χ1v) is 3.13. The van der Waals surface area contributed by atoms with Crippen LogP contribution in [0, 0.1) is 0 Å². The van der Waals surface area contributed by atoms with Crippen LogP contribution in [0.15, 0.2) is 31.6 Å². The van der Waals surface area contributed by atoms with E-state index in [-0.39, 0.29) is 12.4 Å². The maximum atomic E-state index is 4.05. The van der Waals surface area contributed by atoms with Crippen molar-refractivity contribution < 1.29 is 0 Å². The molecule has 1 rings (SSSR count). The van der Waals surface area contributed by atoms with Crippen molar-refractivity contribution in [2.24, 2.45) is 0 Å². The highest BCUT2D eigenvalue weighted by molar-refractivity contribution is 5.85. The molecule has 0 fully saturated rings. The van der Waals surface area contributed by atoms with E-state index in [1.54, 1.807) is 12.3 Å². The molecule has 1 aromatic rings. The van der Waals surface area contributed by atoms with E-state index >= 15 is 0 Å². The quantitative estimate of drug-likeness (QED) is 0.636. The van der Waals surface area contributed by atoms with Gasteiger partial charge in [-0.05, 0) is 6.08 Å². The number of allylic oxidation sites excluding steroid dienone is 1. The van der Waals surface area contributed by atoms with E-state index in [9.17, 15) is 0 Å². The van der Waals surface area contributed by atoms with Crippen molar-refractivity contribution in [2.45, 2.75) is 6.54 Å². The lowest BCUT2D eigenvalue weighted by Gasteiger charge is -1.97. The van der Waals surface area contributed by atoms with Crippen LogP contribution in [-0.2, 0) is 6.54 Å². The fourth-order valence-corrected chi connectivity index (χ4v) is 0.804. The molecule has 0 bridgehead atoms. The van der Waals surface area contributed by atoms with Crippen molar-refractivity contribution in [1.82, 2.24) is 9.55 Å². The van der Waals surface area contributed by atoms with Crippen molar-refractivity contribution >= 4 is 18.5 Å². The Labute approximate surface area is 72.7 Å². The Morgan fingerprint density at radius 3 is 2.82 bits per heavy atom. The lowest BCUT2D eigenvalue weighted by atomic mass is 10.5. The predicted molar refractivity (Wildman–Crippen MR) is 49.8 cm³/mol. The average molecular weight is 171 g/mol. The maximum Gasteiger partial charge on any atom is 0.132 e. The third-order valence-electron chi connectivity index (χ3n) is 1.26. The minimum Gasteiger partial charge on any atom is -0.328 e. The Morgan fingerprint density at radius 2 is 2.27 bits per heavy atom. The normalized spacial score (nSPS) is 8.36. The fraction of sp³-hybridized carbons (Fsp3) is 0.125. The Kier molecular flexibility index (Phi) is 4.30. The minimum atomic E-state index is 0. The molecule has 0 aliphatic rings. The second-order valence-electron chi connectivity index (χ2n) is 1.93. The van der Waals surface area contributed by atoms with Crippen molar-refractivity contribution in [3.63, 3.8) is 0 Å². The highest BCUT2D eigenvalue weighted by Gasteiger charge is 1.92. The molecule has 1 heterocycles. The van der Waals surface area contributed by atoms with Crippen LogP contribution in [0.25, 0.3) is 6.08 Å². The first-order chi connectivity index (χ1) is 4.88. The molecule has 0 saturated carbocycles. The topological polar surface area (TPSA) is 17.8 Å². The van der Waals surface area contributed by atoms with Gasteiger partial charge in [0.25, 0.3) is 0 Å². The Hall–Kier alpha value is -1.02. The van der Waals surface area contributed by atoms with E-state index in [2.05, 4.69) is 18.1 Å². The molecular weight excluding hydrogens is 160 g/mol. The van der Waals surface area contributed by atoms with Gasteiger partial charge < -0.3 is 4.57 Å². The third kappa shape index (κ3) is 2.24. The number of rotatable bonds is 3. The van der Waals surface area contributed by atoms with Gasteiger partial charge in [-0.2, -0.15) is 0 Å². The lowest BCUT2D eigenvalue weighted by Crippen LogP contribution is -1.95. The molecule has 0 amide bonds. The molecule has 0 aliphatic heterocycles. The molecule has 3 heteroatoms. The standard InChI is InChI=1S/C8H10N2.ClH/c1-3-6-10-7-5-9-8(10)4-2;/h3-5,7H,1-2,6H2;1H. The number of imidazole rings is 1. The summed E-state index contributed by atoms with van der Waals surface area (Å²) in [5.74, 6) is 0.889. The zero-order chi connectivity index (χ0) is 7.40. The lowest BCUT2D eigenvalue weighted by molar-refractivity contribution is 0.810. The van der Waals surface area contributed by atoms with Crippen molar-refractivity contribution in [2.75, 3.05) is 0 Å². The SMILES string of the molecule is C=CCn1ccnc1C=C.Cl. The fourth-order valence-electron chi connectivity index (χ4n) is 0.804.